The quantitative estimate of drug-likeness (QED) is 0.706. The summed E-state index contributed by atoms with van der Waals surface area (Å²) in [5.41, 5.74) is 1.03. The SMILES string of the molecule is CN(C)Cc1nc(COC(=O)C(c2ccccc2)C2CCCCC2)no1. The molecule has 1 aliphatic rings. The summed E-state index contributed by atoms with van der Waals surface area (Å²) in [6.45, 7) is 0.613. The van der Waals surface area contributed by atoms with Gasteiger partial charge in [-0.2, -0.15) is 4.98 Å². The maximum absolute atomic E-state index is 12.9. The van der Waals surface area contributed by atoms with Gasteiger partial charge in [-0.1, -0.05) is 54.8 Å². The molecular weight excluding hydrogens is 330 g/mol. The summed E-state index contributed by atoms with van der Waals surface area (Å²) in [4.78, 5) is 19.1. The highest BCUT2D eigenvalue weighted by molar-refractivity contribution is 5.78. The van der Waals surface area contributed by atoms with Crippen molar-refractivity contribution in [3.8, 4) is 0 Å². The lowest BCUT2D eigenvalue weighted by Crippen LogP contribution is -2.26. The van der Waals surface area contributed by atoms with Crippen LogP contribution < -0.4 is 0 Å². The summed E-state index contributed by atoms with van der Waals surface area (Å²) in [5, 5.41) is 3.90. The summed E-state index contributed by atoms with van der Waals surface area (Å²) in [7, 11) is 3.86. The third-order valence-corrected chi connectivity index (χ3v) is 4.84. The molecule has 1 unspecified atom stereocenters. The van der Waals surface area contributed by atoms with Crippen LogP contribution in [0.25, 0.3) is 0 Å². The molecule has 26 heavy (non-hydrogen) atoms. The summed E-state index contributed by atoms with van der Waals surface area (Å²) >= 11 is 0. The molecule has 3 rings (SSSR count). The summed E-state index contributed by atoms with van der Waals surface area (Å²) < 4.78 is 10.8. The molecule has 140 valence electrons. The van der Waals surface area contributed by atoms with Crippen LogP contribution in [0.1, 0.15) is 55.3 Å². The van der Waals surface area contributed by atoms with Crippen molar-refractivity contribution in [3.05, 3.63) is 47.6 Å². The number of carbonyl (C=O) groups excluding carboxylic acids is 1. The van der Waals surface area contributed by atoms with Crippen molar-refractivity contribution in [3.63, 3.8) is 0 Å². The zero-order valence-electron chi connectivity index (χ0n) is 15.6. The van der Waals surface area contributed by atoms with Crippen LogP contribution in [0, 0.1) is 5.92 Å². The van der Waals surface area contributed by atoms with Crippen LogP contribution in [0.4, 0.5) is 0 Å². The van der Waals surface area contributed by atoms with E-state index in [1.165, 1.54) is 19.3 Å². The minimum absolute atomic E-state index is 0.0474. The van der Waals surface area contributed by atoms with Crippen molar-refractivity contribution in [1.82, 2.24) is 15.0 Å². The Morgan fingerprint density at radius 3 is 2.65 bits per heavy atom. The first kappa shape index (κ1) is 18.6. The van der Waals surface area contributed by atoms with Crippen LogP contribution in [-0.4, -0.2) is 35.1 Å². The van der Waals surface area contributed by atoms with E-state index < -0.39 is 0 Å². The number of rotatable bonds is 7. The van der Waals surface area contributed by atoms with Gasteiger partial charge in [-0.05, 0) is 38.4 Å². The molecule has 2 aromatic rings. The van der Waals surface area contributed by atoms with Crippen LogP contribution in [0.3, 0.4) is 0 Å². The van der Waals surface area contributed by atoms with Gasteiger partial charge >= 0.3 is 5.97 Å². The van der Waals surface area contributed by atoms with E-state index >= 15 is 0 Å². The van der Waals surface area contributed by atoms with Crippen molar-refractivity contribution in [2.45, 2.75) is 51.2 Å². The first-order chi connectivity index (χ1) is 12.6. The molecule has 0 radical (unpaired) electrons. The summed E-state index contributed by atoms with van der Waals surface area (Å²) in [5.74, 6) is 0.860. The second-order valence-corrected chi connectivity index (χ2v) is 7.24. The summed E-state index contributed by atoms with van der Waals surface area (Å²) in [6.07, 6.45) is 5.76. The van der Waals surface area contributed by atoms with Gasteiger partial charge in [-0.25, -0.2) is 0 Å². The Kier molecular flexibility index (Phi) is 6.39. The van der Waals surface area contributed by atoms with Crippen LogP contribution >= 0.6 is 0 Å². The van der Waals surface area contributed by atoms with Gasteiger partial charge in [0.1, 0.15) is 0 Å². The third-order valence-electron chi connectivity index (χ3n) is 4.84. The smallest absolute Gasteiger partial charge is 0.314 e. The molecule has 1 heterocycles. The predicted molar refractivity (Wildman–Crippen MR) is 97.2 cm³/mol. The highest BCUT2D eigenvalue weighted by Gasteiger charge is 2.32. The van der Waals surface area contributed by atoms with Crippen molar-refractivity contribution in [2.75, 3.05) is 14.1 Å². The molecule has 1 aliphatic carbocycles. The molecule has 6 nitrogen and oxygen atoms in total. The van der Waals surface area contributed by atoms with E-state index in [0.717, 1.165) is 18.4 Å². The second kappa shape index (κ2) is 8.94. The molecule has 0 spiro atoms. The predicted octanol–water partition coefficient (Wildman–Crippen LogP) is 3.54. The second-order valence-electron chi connectivity index (χ2n) is 7.24. The van der Waals surface area contributed by atoms with E-state index in [1.54, 1.807) is 0 Å². The van der Waals surface area contributed by atoms with Crippen LogP contribution in [0.5, 0.6) is 0 Å². The van der Waals surface area contributed by atoms with E-state index in [0.29, 0.717) is 24.2 Å². The Balaban J connectivity index is 1.66. The van der Waals surface area contributed by atoms with Crippen LogP contribution in [0.2, 0.25) is 0 Å². The molecule has 0 N–H and O–H groups in total. The summed E-state index contributed by atoms with van der Waals surface area (Å²) in [6, 6.07) is 9.96. The minimum Gasteiger partial charge on any atom is -0.457 e. The minimum atomic E-state index is -0.218. The van der Waals surface area contributed by atoms with Gasteiger partial charge in [-0.15, -0.1) is 0 Å². The van der Waals surface area contributed by atoms with Crippen molar-refractivity contribution < 1.29 is 14.1 Å². The fourth-order valence-electron chi connectivity index (χ4n) is 3.64. The molecule has 1 aromatic carbocycles. The zero-order chi connectivity index (χ0) is 18.4. The van der Waals surface area contributed by atoms with E-state index in [-0.39, 0.29) is 18.5 Å². The first-order valence-corrected chi connectivity index (χ1v) is 9.31. The molecule has 1 aromatic heterocycles. The highest BCUT2D eigenvalue weighted by atomic mass is 16.5. The molecular formula is C20H27N3O3. The average molecular weight is 357 g/mol. The number of ether oxygens (including phenoxy) is 1. The van der Waals surface area contributed by atoms with Gasteiger partial charge in [0.15, 0.2) is 6.61 Å². The zero-order valence-corrected chi connectivity index (χ0v) is 15.6. The van der Waals surface area contributed by atoms with Crippen LogP contribution in [-0.2, 0) is 22.7 Å². The molecule has 0 saturated heterocycles. The normalized spacial score (nSPS) is 16.6. The van der Waals surface area contributed by atoms with E-state index in [2.05, 4.69) is 10.1 Å². The van der Waals surface area contributed by atoms with Gasteiger partial charge in [0.05, 0.1) is 12.5 Å². The van der Waals surface area contributed by atoms with Crippen molar-refractivity contribution in [1.29, 1.82) is 0 Å². The highest BCUT2D eigenvalue weighted by Crippen LogP contribution is 2.37. The Morgan fingerprint density at radius 1 is 1.23 bits per heavy atom. The monoisotopic (exact) mass is 357 g/mol. The number of aromatic nitrogens is 2. The lowest BCUT2D eigenvalue weighted by atomic mass is 9.77. The number of hydrogen-bond donors (Lipinski definition) is 0. The van der Waals surface area contributed by atoms with Gasteiger partial charge in [0.25, 0.3) is 0 Å². The first-order valence-electron chi connectivity index (χ1n) is 9.31. The average Bonchev–Trinajstić information content (AvgIpc) is 3.09. The largest absolute Gasteiger partial charge is 0.457 e. The topological polar surface area (TPSA) is 68.5 Å². The Hall–Kier alpha value is -2.21. The molecule has 0 amide bonds. The van der Waals surface area contributed by atoms with Crippen molar-refractivity contribution in [2.24, 2.45) is 5.92 Å². The number of hydrogen-bond acceptors (Lipinski definition) is 6. The Morgan fingerprint density at radius 2 is 1.96 bits per heavy atom. The number of esters is 1. The maximum Gasteiger partial charge on any atom is 0.314 e. The molecule has 1 fully saturated rings. The standard InChI is InChI=1S/C20H27N3O3/c1-23(2)13-18-21-17(22-26-18)14-25-20(24)19(15-9-5-3-6-10-15)16-11-7-4-8-12-16/h3,5-6,9-10,16,19H,4,7-8,11-14H2,1-2H3. The van der Waals surface area contributed by atoms with Gasteiger partial charge in [0.2, 0.25) is 11.7 Å². The fourth-order valence-corrected chi connectivity index (χ4v) is 3.64. The molecule has 6 heteroatoms. The van der Waals surface area contributed by atoms with Crippen LogP contribution in [0.15, 0.2) is 34.9 Å². The van der Waals surface area contributed by atoms with Gasteiger partial charge in [0, 0.05) is 0 Å². The number of benzene rings is 1. The maximum atomic E-state index is 12.9. The lowest BCUT2D eigenvalue weighted by Gasteiger charge is -2.29. The van der Waals surface area contributed by atoms with Gasteiger partial charge < -0.3 is 14.2 Å². The number of nitrogens with zero attached hydrogens (tertiary/aromatic N) is 3. The van der Waals surface area contributed by atoms with E-state index in [4.69, 9.17) is 9.26 Å². The molecule has 1 saturated carbocycles. The van der Waals surface area contributed by atoms with E-state index in [1.807, 2.05) is 49.3 Å². The third kappa shape index (κ3) is 4.91. The Bertz CT molecular complexity index is 693. The Labute approximate surface area is 154 Å². The molecule has 1 atom stereocenters. The lowest BCUT2D eigenvalue weighted by molar-refractivity contribution is -0.149. The van der Waals surface area contributed by atoms with Gasteiger partial charge in [-0.3, -0.25) is 4.79 Å². The number of carbonyl (C=O) groups is 1. The molecule has 0 aliphatic heterocycles. The fraction of sp³-hybridized carbons (Fsp3) is 0.550. The van der Waals surface area contributed by atoms with E-state index in [9.17, 15) is 4.79 Å². The van der Waals surface area contributed by atoms with Crippen molar-refractivity contribution >= 4 is 5.97 Å². The molecule has 0 bridgehead atoms.